The predicted molar refractivity (Wildman–Crippen MR) is 79.2 cm³/mol. The fraction of sp³-hybridized carbons (Fsp3) is 0.467. The summed E-state index contributed by atoms with van der Waals surface area (Å²) in [6.45, 7) is 3.30. The van der Waals surface area contributed by atoms with Gasteiger partial charge < -0.3 is 4.74 Å². The van der Waals surface area contributed by atoms with E-state index < -0.39 is 0 Å². The Morgan fingerprint density at radius 3 is 2.95 bits per heavy atom. The summed E-state index contributed by atoms with van der Waals surface area (Å²) in [5.74, 6) is 0.822. The molecule has 1 aliphatic heterocycles. The molecular weight excluding hydrogens is 276 g/mol. The third-order valence-corrected chi connectivity index (χ3v) is 4.09. The van der Waals surface area contributed by atoms with E-state index in [1.807, 2.05) is 25.1 Å². The lowest BCUT2D eigenvalue weighted by Gasteiger charge is -2.25. The van der Waals surface area contributed by atoms with Crippen LogP contribution in [0.3, 0.4) is 0 Å². The molecule has 1 aliphatic rings. The highest BCUT2D eigenvalue weighted by molar-refractivity contribution is 6.16. The number of hydrogen-bond donors (Lipinski definition) is 0. The van der Waals surface area contributed by atoms with Gasteiger partial charge in [-0.1, -0.05) is 12.1 Å². The van der Waals surface area contributed by atoms with Crippen molar-refractivity contribution in [1.29, 1.82) is 0 Å². The maximum absolute atomic E-state index is 12.6. The number of rotatable bonds is 3. The van der Waals surface area contributed by atoms with Gasteiger partial charge in [0.05, 0.1) is 28.9 Å². The lowest BCUT2D eigenvalue weighted by molar-refractivity contribution is 0.00486. The molecule has 5 heteroatoms. The molecule has 0 N–H and O–H groups in total. The number of fused-ring (bicyclic) bond motifs is 1. The molecule has 0 spiro atoms. The summed E-state index contributed by atoms with van der Waals surface area (Å²) in [6, 6.07) is 7.37. The van der Waals surface area contributed by atoms with Gasteiger partial charge in [-0.05, 0) is 31.9 Å². The van der Waals surface area contributed by atoms with Crippen molar-refractivity contribution in [3.8, 4) is 0 Å². The molecule has 0 saturated carbocycles. The van der Waals surface area contributed by atoms with Gasteiger partial charge >= 0.3 is 0 Å². The molecule has 1 unspecified atom stereocenters. The zero-order valence-electron chi connectivity index (χ0n) is 11.4. The number of nitrogens with zero attached hydrogens (tertiary/aromatic N) is 2. The second-order valence-corrected chi connectivity index (χ2v) is 5.74. The van der Waals surface area contributed by atoms with Gasteiger partial charge in [-0.2, -0.15) is 0 Å². The Bertz CT molecular complexity index is 690. The molecule has 1 saturated heterocycles. The molecule has 0 amide bonds. The Labute approximate surface area is 122 Å². The molecule has 4 nitrogen and oxygen atoms in total. The molecule has 0 aliphatic carbocycles. The van der Waals surface area contributed by atoms with E-state index >= 15 is 0 Å². The van der Waals surface area contributed by atoms with Crippen molar-refractivity contribution in [3.05, 3.63) is 40.4 Å². The zero-order valence-corrected chi connectivity index (χ0v) is 12.2. The van der Waals surface area contributed by atoms with Gasteiger partial charge in [0.15, 0.2) is 0 Å². The minimum absolute atomic E-state index is 0.0389. The van der Waals surface area contributed by atoms with Crippen LogP contribution in [-0.4, -0.2) is 21.8 Å². The summed E-state index contributed by atoms with van der Waals surface area (Å²) < 4.78 is 7.45. The maximum atomic E-state index is 12.6. The minimum atomic E-state index is -0.297. The molecule has 20 heavy (non-hydrogen) atoms. The minimum Gasteiger partial charge on any atom is -0.373 e. The maximum Gasteiger partial charge on any atom is 0.261 e. The van der Waals surface area contributed by atoms with Gasteiger partial charge in [0.2, 0.25) is 0 Å². The first-order valence-electron chi connectivity index (χ1n) is 6.81. The van der Waals surface area contributed by atoms with E-state index in [1.54, 1.807) is 10.6 Å². The number of aromatic nitrogens is 2. The molecule has 1 aromatic heterocycles. The quantitative estimate of drug-likeness (QED) is 0.817. The van der Waals surface area contributed by atoms with Crippen LogP contribution in [0.4, 0.5) is 0 Å². The number of ether oxygens (including phenoxy) is 1. The summed E-state index contributed by atoms with van der Waals surface area (Å²) in [7, 11) is 0. The smallest absolute Gasteiger partial charge is 0.261 e. The van der Waals surface area contributed by atoms with E-state index in [9.17, 15) is 4.79 Å². The monoisotopic (exact) mass is 292 g/mol. The van der Waals surface area contributed by atoms with E-state index in [0.717, 1.165) is 19.4 Å². The van der Waals surface area contributed by atoms with Crippen LogP contribution in [0.15, 0.2) is 29.1 Å². The number of halogens is 1. The van der Waals surface area contributed by atoms with Gasteiger partial charge in [0.25, 0.3) is 5.56 Å². The molecular formula is C15H17ClN2O2. The first-order valence-corrected chi connectivity index (χ1v) is 7.35. The first-order chi connectivity index (χ1) is 9.63. The number of benzene rings is 1. The van der Waals surface area contributed by atoms with Crippen LogP contribution in [0.2, 0.25) is 0 Å². The summed E-state index contributed by atoms with van der Waals surface area (Å²) >= 11 is 5.97. The highest BCUT2D eigenvalue weighted by Crippen LogP contribution is 2.27. The van der Waals surface area contributed by atoms with Gasteiger partial charge in [-0.15, -0.1) is 11.6 Å². The fourth-order valence-corrected chi connectivity index (χ4v) is 2.98. The van der Waals surface area contributed by atoms with Crippen molar-refractivity contribution in [2.45, 2.75) is 37.8 Å². The second-order valence-electron chi connectivity index (χ2n) is 5.47. The zero-order chi connectivity index (χ0) is 14.2. The van der Waals surface area contributed by atoms with Gasteiger partial charge in [-0.25, -0.2) is 4.98 Å². The van der Waals surface area contributed by atoms with E-state index in [4.69, 9.17) is 16.3 Å². The Balaban J connectivity index is 2.13. The first kappa shape index (κ1) is 13.6. The highest BCUT2D eigenvalue weighted by Gasteiger charge is 2.31. The normalized spacial score (nSPS) is 22.5. The van der Waals surface area contributed by atoms with Crippen LogP contribution < -0.4 is 5.56 Å². The van der Waals surface area contributed by atoms with Crippen LogP contribution in [0.5, 0.6) is 0 Å². The van der Waals surface area contributed by atoms with E-state index in [2.05, 4.69) is 4.98 Å². The number of para-hydroxylation sites is 1. The van der Waals surface area contributed by atoms with Crippen molar-refractivity contribution in [2.75, 3.05) is 6.61 Å². The molecule has 106 valence electrons. The van der Waals surface area contributed by atoms with Crippen molar-refractivity contribution >= 4 is 22.5 Å². The Morgan fingerprint density at radius 2 is 2.25 bits per heavy atom. The molecule has 0 radical (unpaired) electrons. The van der Waals surface area contributed by atoms with E-state index in [-0.39, 0.29) is 17.0 Å². The number of alkyl halides is 1. The second kappa shape index (κ2) is 5.19. The van der Waals surface area contributed by atoms with Crippen LogP contribution in [0.1, 0.15) is 25.6 Å². The van der Waals surface area contributed by atoms with Gasteiger partial charge in [-0.3, -0.25) is 9.36 Å². The third-order valence-electron chi connectivity index (χ3n) is 3.85. The predicted octanol–water partition coefficient (Wildman–Crippen LogP) is 2.70. The Kier molecular flexibility index (Phi) is 3.52. The Morgan fingerprint density at radius 1 is 1.45 bits per heavy atom. The van der Waals surface area contributed by atoms with Gasteiger partial charge in [0.1, 0.15) is 5.82 Å². The molecule has 2 heterocycles. The fourth-order valence-electron chi connectivity index (χ4n) is 2.78. The van der Waals surface area contributed by atoms with Crippen LogP contribution in [0, 0.1) is 0 Å². The average Bonchev–Trinajstić information content (AvgIpc) is 2.88. The largest absolute Gasteiger partial charge is 0.373 e. The Hall–Kier alpha value is -1.39. The molecule has 1 fully saturated rings. The van der Waals surface area contributed by atoms with Crippen molar-refractivity contribution in [3.63, 3.8) is 0 Å². The summed E-state index contributed by atoms with van der Waals surface area (Å²) in [5, 5.41) is 0.628. The SMILES string of the molecule is CC1(Cn2c(CCl)nc3ccccc3c2=O)CCCO1. The topological polar surface area (TPSA) is 44.1 Å². The molecule has 2 aromatic rings. The van der Waals surface area contributed by atoms with Crippen molar-refractivity contribution < 1.29 is 4.74 Å². The molecule has 1 aromatic carbocycles. The average molecular weight is 293 g/mol. The van der Waals surface area contributed by atoms with Crippen molar-refractivity contribution in [2.24, 2.45) is 0 Å². The lowest BCUT2D eigenvalue weighted by Crippen LogP contribution is -2.36. The molecule has 0 bridgehead atoms. The standard InChI is InChI=1S/C15H17ClN2O2/c1-15(7-4-8-20-15)10-18-13(9-16)17-12-6-3-2-5-11(12)14(18)19/h2-3,5-6H,4,7-10H2,1H3. The van der Waals surface area contributed by atoms with E-state index in [1.165, 1.54) is 0 Å². The van der Waals surface area contributed by atoms with Crippen LogP contribution >= 0.6 is 11.6 Å². The van der Waals surface area contributed by atoms with Crippen LogP contribution in [0.25, 0.3) is 10.9 Å². The molecule has 1 atom stereocenters. The van der Waals surface area contributed by atoms with Crippen LogP contribution in [-0.2, 0) is 17.2 Å². The van der Waals surface area contributed by atoms with Gasteiger partial charge in [0, 0.05) is 6.61 Å². The number of hydrogen-bond acceptors (Lipinski definition) is 3. The van der Waals surface area contributed by atoms with E-state index in [0.29, 0.717) is 23.3 Å². The summed E-state index contributed by atoms with van der Waals surface area (Å²) in [6.07, 6.45) is 1.98. The summed E-state index contributed by atoms with van der Waals surface area (Å²) in [5.41, 5.74) is 0.360. The third kappa shape index (κ3) is 2.34. The lowest BCUT2D eigenvalue weighted by atomic mass is 10.0. The summed E-state index contributed by atoms with van der Waals surface area (Å²) in [4.78, 5) is 17.2. The van der Waals surface area contributed by atoms with Crippen molar-refractivity contribution in [1.82, 2.24) is 9.55 Å². The highest BCUT2D eigenvalue weighted by atomic mass is 35.5. The molecule has 3 rings (SSSR count).